The molecule has 1 rings (SSSR count). The molecule has 0 fully saturated rings. The summed E-state index contributed by atoms with van der Waals surface area (Å²) in [6.45, 7) is 7.10. The van der Waals surface area contributed by atoms with E-state index in [1.54, 1.807) is 16.7 Å². The zero-order chi connectivity index (χ0) is 11.8. The van der Waals surface area contributed by atoms with Gasteiger partial charge in [-0.1, -0.05) is 32.8 Å². The van der Waals surface area contributed by atoms with Crippen LogP contribution in [0.25, 0.3) is 0 Å². The molecule has 0 radical (unpaired) electrons. The van der Waals surface area contributed by atoms with E-state index in [2.05, 4.69) is 19.2 Å². The molecule has 0 saturated heterocycles. The fraction of sp³-hybridized carbons (Fsp3) is 0.615. The van der Waals surface area contributed by atoms with E-state index in [9.17, 15) is 4.79 Å². The van der Waals surface area contributed by atoms with Crippen LogP contribution in [0.2, 0.25) is 0 Å². The van der Waals surface area contributed by atoms with Gasteiger partial charge in [0.25, 0.3) is 5.56 Å². The number of nitrogens with zero attached hydrogens (tertiary/aromatic N) is 1. The average molecular weight is 222 g/mol. The van der Waals surface area contributed by atoms with Crippen molar-refractivity contribution in [3.63, 3.8) is 0 Å². The highest BCUT2D eigenvalue weighted by molar-refractivity contribution is 4.93. The van der Waals surface area contributed by atoms with Gasteiger partial charge in [0.15, 0.2) is 0 Å². The molecule has 0 spiro atoms. The van der Waals surface area contributed by atoms with Crippen LogP contribution in [0.15, 0.2) is 29.2 Å². The van der Waals surface area contributed by atoms with Crippen molar-refractivity contribution in [1.82, 2.24) is 9.88 Å². The first-order valence-corrected chi connectivity index (χ1v) is 6.14. The lowest BCUT2D eigenvalue weighted by molar-refractivity contribution is 0.440. The fourth-order valence-corrected chi connectivity index (χ4v) is 1.73. The lowest BCUT2D eigenvalue weighted by Gasteiger charge is -2.13. The van der Waals surface area contributed by atoms with E-state index < -0.39 is 0 Å². The van der Waals surface area contributed by atoms with Gasteiger partial charge in [-0.2, -0.15) is 0 Å². The second-order valence-electron chi connectivity index (χ2n) is 4.12. The van der Waals surface area contributed by atoms with Gasteiger partial charge in [0.2, 0.25) is 0 Å². The van der Waals surface area contributed by atoms with Crippen molar-refractivity contribution in [2.75, 3.05) is 13.1 Å². The van der Waals surface area contributed by atoms with Gasteiger partial charge >= 0.3 is 0 Å². The molecule has 1 N–H and O–H groups in total. The van der Waals surface area contributed by atoms with Crippen LogP contribution in [0.5, 0.6) is 0 Å². The summed E-state index contributed by atoms with van der Waals surface area (Å²) in [4.78, 5) is 11.4. The first-order valence-electron chi connectivity index (χ1n) is 6.14. The number of pyridine rings is 1. The van der Waals surface area contributed by atoms with E-state index in [1.165, 1.54) is 12.8 Å². The van der Waals surface area contributed by atoms with Crippen LogP contribution in [-0.4, -0.2) is 17.7 Å². The molecular weight excluding hydrogens is 200 g/mol. The van der Waals surface area contributed by atoms with E-state index in [0.29, 0.717) is 0 Å². The number of hydrogen-bond donors (Lipinski definition) is 1. The third kappa shape index (κ3) is 4.19. The van der Waals surface area contributed by atoms with E-state index in [1.807, 2.05) is 12.3 Å². The van der Waals surface area contributed by atoms with Crippen molar-refractivity contribution in [2.24, 2.45) is 5.92 Å². The maximum atomic E-state index is 11.4. The van der Waals surface area contributed by atoms with Gasteiger partial charge in [0, 0.05) is 25.4 Å². The van der Waals surface area contributed by atoms with Gasteiger partial charge in [-0.3, -0.25) is 4.79 Å². The van der Waals surface area contributed by atoms with Gasteiger partial charge in [0.1, 0.15) is 0 Å². The van der Waals surface area contributed by atoms with Crippen LogP contribution in [0.4, 0.5) is 0 Å². The lowest BCUT2D eigenvalue weighted by atomic mass is 10.0. The molecule has 0 aliphatic heterocycles. The predicted octanol–water partition coefficient (Wildman–Crippen LogP) is 1.87. The summed E-state index contributed by atoms with van der Waals surface area (Å²) in [7, 11) is 0. The minimum Gasteiger partial charge on any atom is -0.315 e. The van der Waals surface area contributed by atoms with Crippen molar-refractivity contribution in [3.8, 4) is 0 Å². The average Bonchev–Trinajstić information content (AvgIpc) is 2.31. The van der Waals surface area contributed by atoms with Crippen LogP contribution < -0.4 is 10.9 Å². The Bertz CT molecular complexity index is 342. The van der Waals surface area contributed by atoms with Crippen LogP contribution >= 0.6 is 0 Å². The Morgan fingerprint density at radius 3 is 2.69 bits per heavy atom. The highest BCUT2D eigenvalue weighted by atomic mass is 16.1. The zero-order valence-electron chi connectivity index (χ0n) is 10.3. The largest absolute Gasteiger partial charge is 0.315 e. The fourth-order valence-electron chi connectivity index (χ4n) is 1.73. The summed E-state index contributed by atoms with van der Waals surface area (Å²) < 4.78 is 1.74. The lowest BCUT2D eigenvalue weighted by Crippen LogP contribution is -2.29. The number of rotatable bonds is 7. The maximum absolute atomic E-state index is 11.4. The Balaban J connectivity index is 2.26. The Morgan fingerprint density at radius 1 is 1.31 bits per heavy atom. The molecule has 1 heterocycles. The van der Waals surface area contributed by atoms with Crippen LogP contribution in [0, 0.1) is 5.92 Å². The number of hydrogen-bond acceptors (Lipinski definition) is 2. The van der Waals surface area contributed by atoms with Crippen molar-refractivity contribution in [3.05, 3.63) is 34.7 Å². The van der Waals surface area contributed by atoms with E-state index >= 15 is 0 Å². The van der Waals surface area contributed by atoms with E-state index in [-0.39, 0.29) is 5.56 Å². The molecule has 0 aromatic carbocycles. The summed E-state index contributed by atoms with van der Waals surface area (Å²) in [5.41, 5.74) is 0.0758. The molecule has 0 atom stereocenters. The first-order chi connectivity index (χ1) is 7.77. The molecule has 0 aliphatic carbocycles. The molecule has 0 amide bonds. The predicted molar refractivity (Wildman–Crippen MR) is 67.6 cm³/mol. The van der Waals surface area contributed by atoms with Crippen molar-refractivity contribution in [2.45, 2.75) is 33.2 Å². The van der Waals surface area contributed by atoms with Gasteiger partial charge in [0.05, 0.1) is 0 Å². The summed E-state index contributed by atoms with van der Waals surface area (Å²) in [6.07, 6.45) is 4.27. The smallest absolute Gasteiger partial charge is 0.250 e. The van der Waals surface area contributed by atoms with Gasteiger partial charge < -0.3 is 9.88 Å². The van der Waals surface area contributed by atoms with Crippen LogP contribution in [-0.2, 0) is 6.54 Å². The summed E-state index contributed by atoms with van der Waals surface area (Å²) in [5, 5.41) is 3.40. The van der Waals surface area contributed by atoms with Gasteiger partial charge in [-0.25, -0.2) is 0 Å². The normalized spacial score (nSPS) is 10.9. The van der Waals surface area contributed by atoms with Crippen LogP contribution in [0.3, 0.4) is 0 Å². The molecule has 3 nitrogen and oxygen atoms in total. The van der Waals surface area contributed by atoms with E-state index in [4.69, 9.17) is 0 Å². The van der Waals surface area contributed by atoms with E-state index in [0.717, 1.165) is 25.6 Å². The highest BCUT2D eigenvalue weighted by Crippen LogP contribution is 2.04. The molecule has 1 aromatic rings. The Kier molecular flexibility index (Phi) is 5.86. The Hall–Kier alpha value is -1.09. The second kappa shape index (κ2) is 7.23. The Labute approximate surface area is 97.5 Å². The van der Waals surface area contributed by atoms with Crippen molar-refractivity contribution < 1.29 is 0 Å². The molecule has 90 valence electrons. The molecule has 1 aromatic heterocycles. The second-order valence-corrected chi connectivity index (χ2v) is 4.12. The third-order valence-corrected chi connectivity index (χ3v) is 3.02. The number of nitrogens with one attached hydrogen (secondary N) is 1. The molecule has 16 heavy (non-hydrogen) atoms. The first kappa shape index (κ1) is 13.0. The highest BCUT2D eigenvalue weighted by Gasteiger charge is 2.01. The van der Waals surface area contributed by atoms with Crippen molar-refractivity contribution >= 4 is 0 Å². The SMILES string of the molecule is CCC(CC)CNCCn1ccccc1=O. The van der Waals surface area contributed by atoms with Crippen molar-refractivity contribution in [1.29, 1.82) is 0 Å². The summed E-state index contributed by atoms with van der Waals surface area (Å²) in [6, 6.07) is 5.26. The summed E-state index contributed by atoms with van der Waals surface area (Å²) >= 11 is 0. The number of aromatic nitrogens is 1. The quantitative estimate of drug-likeness (QED) is 0.715. The van der Waals surface area contributed by atoms with Gasteiger partial charge in [-0.15, -0.1) is 0 Å². The minimum absolute atomic E-state index is 0.0758. The molecular formula is C13H22N2O. The molecule has 0 saturated carbocycles. The van der Waals surface area contributed by atoms with Crippen LogP contribution in [0.1, 0.15) is 26.7 Å². The topological polar surface area (TPSA) is 34.0 Å². The molecule has 0 bridgehead atoms. The minimum atomic E-state index is 0.0758. The molecule has 3 heteroatoms. The van der Waals surface area contributed by atoms with Gasteiger partial charge in [-0.05, 0) is 18.5 Å². The standard InChI is InChI=1S/C13H22N2O/c1-3-12(4-2)11-14-8-10-15-9-6-5-7-13(15)16/h5-7,9,12,14H,3-4,8,10-11H2,1-2H3. The monoisotopic (exact) mass is 222 g/mol. The maximum Gasteiger partial charge on any atom is 0.250 e. The third-order valence-electron chi connectivity index (χ3n) is 3.02. The molecule has 0 unspecified atom stereocenters. The zero-order valence-corrected chi connectivity index (χ0v) is 10.3. The Morgan fingerprint density at radius 2 is 2.06 bits per heavy atom. The molecule has 0 aliphatic rings. The summed E-state index contributed by atoms with van der Waals surface area (Å²) in [5.74, 6) is 0.757.